The standard InChI is InChI=1S/C26H24N4O4S/c1-16-23(18(3)31)17(2)27-24(16)21(32)14-34-22(33)15-35-26-29-28-25(19-10-6-4-7-11-19)30(26)20-12-8-5-9-13-20/h4-13,27H,14-15H2,1-3H3. The van der Waals surface area contributed by atoms with E-state index >= 15 is 0 Å². The number of para-hydroxylation sites is 1. The lowest BCUT2D eigenvalue weighted by atomic mass is 10.1. The first-order chi connectivity index (χ1) is 16.9. The zero-order chi connectivity index (χ0) is 24.9. The number of hydrogen-bond donors (Lipinski definition) is 1. The van der Waals surface area contributed by atoms with Crippen molar-refractivity contribution in [3.63, 3.8) is 0 Å². The van der Waals surface area contributed by atoms with Gasteiger partial charge in [0.25, 0.3) is 0 Å². The molecule has 0 aliphatic carbocycles. The zero-order valence-corrected chi connectivity index (χ0v) is 20.4. The van der Waals surface area contributed by atoms with Gasteiger partial charge in [-0.3, -0.25) is 19.0 Å². The third-order valence-corrected chi connectivity index (χ3v) is 6.33. The molecule has 2 aromatic carbocycles. The van der Waals surface area contributed by atoms with E-state index in [9.17, 15) is 14.4 Å². The van der Waals surface area contributed by atoms with E-state index in [2.05, 4.69) is 15.2 Å². The van der Waals surface area contributed by atoms with Crippen molar-refractivity contribution in [2.24, 2.45) is 0 Å². The molecule has 0 atom stereocenters. The van der Waals surface area contributed by atoms with Crippen LogP contribution in [0.5, 0.6) is 0 Å². The summed E-state index contributed by atoms with van der Waals surface area (Å²) >= 11 is 1.18. The van der Waals surface area contributed by atoms with Crippen LogP contribution in [0.25, 0.3) is 17.1 Å². The van der Waals surface area contributed by atoms with Crippen LogP contribution >= 0.6 is 11.8 Å². The van der Waals surface area contributed by atoms with Gasteiger partial charge in [-0.2, -0.15) is 0 Å². The molecule has 9 heteroatoms. The topological polar surface area (TPSA) is 107 Å². The van der Waals surface area contributed by atoms with Crippen molar-refractivity contribution in [1.82, 2.24) is 19.7 Å². The van der Waals surface area contributed by atoms with Crippen molar-refractivity contribution >= 4 is 29.3 Å². The average molecular weight is 489 g/mol. The van der Waals surface area contributed by atoms with E-state index < -0.39 is 18.4 Å². The summed E-state index contributed by atoms with van der Waals surface area (Å²) in [6, 6.07) is 19.3. The molecule has 0 fully saturated rings. The van der Waals surface area contributed by atoms with Crippen LogP contribution in [-0.2, 0) is 9.53 Å². The van der Waals surface area contributed by atoms with E-state index in [0.29, 0.717) is 27.8 Å². The van der Waals surface area contributed by atoms with Crippen LogP contribution in [-0.4, -0.2) is 49.6 Å². The molecule has 0 saturated heterocycles. The fourth-order valence-corrected chi connectivity index (χ4v) is 4.64. The number of hydrogen-bond acceptors (Lipinski definition) is 7. The number of aromatic amines is 1. The van der Waals surface area contributed by atoms with Crippen molar-refractivity contribution in [3.8, 4) is 17.1 Å². The molecule has 0 radical (unpaired) electrons. The highest BCUT2D eigenvalue weighted by Crippen LogP contribution is 2.28. The second-order valence-corrected chi connectivity index (χ2v) is 8.84. The molecule has 0 aliphatic heterocycles. The number of H-pyrrole nitrogens is 1. The second kappa shape index (κ2) is 10.5. The quantitative estimate of drug-likeness (QED) is 0.208. The molecule has 35 heavy (non-hydrogen) atoms. The van der Waals surface area contributed by atoms with Gasteiger partial charge in [0.2, 0.25) is 5.78 Å². The summed E-state index contributed by atoms with van der Waals surface area (Å²) in [6.07, 6.45) is 0. The number of benzene rings is 2. The molecule has 1 N–H and O–H groups in total. The summed E-state index contributed by atoms with van der Waals surface area (Å²) in [6.45, 7) is 4.46. The number of aryl methyl sites for hydroxylation is 1. The predicted molar refractivity (Wildman–Crippen MR) is 133 cm³/mol. The van der Waals surface area contributed by atoms with Crippen LogP contribution < -0.4 is 0 Å². The summed E-state index contributed by atoms with van der Waals surface area (Å²) in [7, 11) is 0. The maximum atomic E-state index is 12.6. The number of rotatable bonds is 9. The van der Waals surface area contributed by atoms with E-state index in [4.69, 9.17) is 4.74 Å². The van der Waals surface area contributed by atoms with E-state index in [0.717, 1.165) is 11.3 Å². The Kier molecular flexibility index (Phi) is 7.26. The van der Waals surface area contributed by atoms with E-state index in [1.54, 1.807) is 13.8 Å². The van der Waals surface area contributed by atoms with Crippen molar-refractivity contribution in [1.29, 1.82) is 0 Å². The molecule has 0 aliphatic rings. The number of carbonyl (C=O) groups excluding carboxylic acids is 3. The summed E-state index contributed by atoms with van der Waals surface area (Å²) in [5, 5.41) is 9.16. The largest absolute Gasteiger partial charge is 0.457 e. The Balaban J connectivity index is 1.45. The predicted octanol–water partition coefficient (Wildman–Crippen LogP) is 4.60. The normalized spacial score (nSPS) is 10.8. The number of carbonyl (C=O) groups is 3. The Morgan fingerprint density at radius 3 is 2.26 bits per heavy atom. The van der Waals surface area contributed by atoms with Crippen LogP contribution in [0, 0.1) is 13.8 Å². The van der Waals surface area contributed by atoms with Crippen molar-refractivity contribution in [2.75, 3.05) is 12.4 Å². The summed E-state index contributed by atoms with van der Waals surface area (Å²) in [5.74, 6) is -0.466. The molecule has 0 bridgehead atoms. The first-order valence-electron chi connectivity index (χ1n) is 10.9. The molecule has 178 valence electrons. The third kappa shape index (κ3) is 5.25. The number of thioether (sulfide) groups is 1. The molecule has 2 heterocycles. The molecule has 0 spiro atoms. The lowest BCUT2D eigenvalue weighted by Gasteiger charge is -2.10. The second-order valence-electron chi connectivity index (χ2n) is 7.90. The molecule has 4 aromatic rings. The highest BCUT2D eigenvalue weighted by molar-refractivity contribution is 7.99. The van der Waals surface area contributed by atoms with Crippen LogP contribution in [0.3, 0.4) is 0 Å². The Morgan fingerprint density at radius 2 is 1.63 bits per heavy atom. The summed E-state index contributed by atoms with van der Waals surface area (Å²) < 4.78 is 7.09. The van der Waals surface area contributed by atoms with Gasteiger partial charge in [-0.05, 0) is 38.5 Å². The maximum absolute atomic E-state index is 12.6. The van der Waals surface area contributed by atoms with Gasteiger partial charge in [0.15, 0.2) is 23.4 Å². The van der Waals surface area contributed by atoms with Gasteiger partial charge in [0.05, 0.1) is 11.4 Å². The van der Waals surface area contributed by atoms with E-state index in [1.807, 2.05) is 65.2 Å². The highest BCUT2D eigenvalue weighted by Gasteiger charge is 2.22. The molecule has 0 saturated carbocycles. The molecule has 0 unspecified atom stereocenters. The maximum Gasteiger partial charge on any atom is 0.316 e. The number of esters is 1. The minimum atomic E-state index is -0.556. The van der Waals surface area contributed by atoms with Crippen molar-refractivity contribution in [3.05, 3.63) is 83.2 Å². The van der Waals surface area contributed by atoms with Gasteiger partial charge >= 0.3 is 5.97 Å². The van der Waals surface area contributed by atoms with Gasteiger partial charge in [-0.1, -0.05) is 60.3 Å². The number of nitrogens with one attached hydrogen (secondary N) is 1. The fourth-order valence-electron chi connectivity index (χ4n) is 3.89. The summed E-state index contributed by atoms with van der Waals surface area (Å²) in [5.41, 5.74) is 3.71. The SMILES string of the molecule is CC(=O)c1c(C)[nH]c(C(=O)COC(=O)CSc2nnc(-c3ccccc3)n2-c2ccccc2)c1C. The first-order valence-corrected chi connectivity index (χ1v) is 11.9. The van der Waals surface area contributed by atoms with Crippen molar-refractivity contribution < 1.29 is 19.1 Å². The Hall–Kier alpha value is -3.98. The number of ketones is 2. The molecule has 2 aromatic heterocycles. The van der Waals surface area contributed by atoms with Crippen molar-refractivity contribution in [2.45, 2.75) is 25.9 Å². The van der Waals surface area contributed by atoms with Gasteiger partial charge in [-0.25, -0.2) is 0 Å². The minimum absolute atomic E-state index is 0.0472. The lowest BCUT2D eigenvalue weighted by molar-refractivity contribution is -0.139. The zero-order valence-electron chi connectivity index (χ0n) is 19.6. The van der Waals surface area contributed by atoms with Gasteiger partial charge < -0.3 is 9.72 Å². The van der Waals surface area contributed by atoms with Crippen LogP contribution in [0.2, 0.25) is 0 Å². The molecule has 8 nitrogen and oxygen atoms in total. The third-order valence-electron chi connectivity index (χ3n) is 5.43. The Bertz CT molecular complexity index is 1380. The summed E-state index contributed by atoms with van der Waals surface area (Å²) in [4.78, 5) is 39.7. The monoisotopic (exact) mass is 488 g/mol. The minimum Gasteiger partial charge on any atom is -0.457 e. The highest BCUT2D eigenvalue weighted by atomic mass is 32.2. The number of ether oxygens (including phenoxy) is 1. The van der Waals surface area contributed by atoms with Crippen LogP contribution in [0.4, 0.5) is 0 Å². The van der Waals surface area contributed by atoms with Gasteiger partial charge in [-0.15, -0.1) is 10.2 Å². The molecule has 4 rings (SSSR count). The Morgan fingerprint density at radius 1 is 0.971 bits per heavy atom. The van der Waals surface area contributed by atoms with Gasteiger partial charge in [0, 0.05) is 22.5 Å². The first kappa shape index (κ1) is 24.2. The molecule has 0 amide bonds. The Labute approximate surface area is 206 Å². The van der Waals surface area contributed by atoms with E-state index in [-0.39, 0.29) is 17.2 Å². The lowest BCUT2D eigenvalue weighted by Crippen LogP contribution is -2.17. The van der Waals surface area contributed by atoms with Crippen LogP contribution in [0.1, 0.15) is 39.0 Å². The molecular weight excluding hydrogens is 464 g/mol. The number of aromatic nitrogens is 4. The average Bonchev–Trinajstić information content (AvgIpc) is 3.42. The smallest absolute Gasteiger partial charge is 0.316 e. The number of nitrogens with zero attached hydrogens (tertiary/aromatic N) is 3. The van der Waals surface area contributed by atoms with E-state index in [1.165, 1.54) is 18.7 Å². The fraction of sp³-hybridized carbons (Fsp3) is 0.192. The molecular formula is C26H24N4O4S. The number of Topliss-reactive ketones (excluding diaryl/α,β-unsaturated/α-hetero) is 2. The van der Waals surface area contributed by atoms with Crippen LogP contribution in [0.15, 0.2) is 65.8 Å². The van der Waals surface area contributed by atoms with Gasteiger partial charge in [0.1, 0.15) is 0 Å².